The number of rotatable bonds is 5. The summed E-state index contributed by atoms with van der Waals surface area (Å²) in [4.78, 5) is 39.1. The first-order chi connectivity index (χ1) is 16.4. The Morgan fingerprint density at radius 1 is 1.06 bits per heavy atom. The first-order valence-electron chi connectivity index (χ1n) is 10.5. The van der Waals surface area contributed by atoms with Crippen molar-refractivity contribution in [2.24, 2.45) is 7.05 Å². The number of carbonyl (C=O) groups excluding carboxylic acids is 1. The van der Waals surface area contributed by atoms with E-state index < -0.39 is 23.0 Å². The van der Waals surface area contributed by atoms with Gasteiger partial charge in [-0.25, -0.2) is 9.18 Å². The van der Waals surface area contributed by atoms with Crippen LogP contribution >= 0.6 is 0 Å². The highest BCUT2D eigenvalue weighted by molar-refractivity contribution is 5.91. The molecule has 2 aromatic heterocycles. The average Bonchev–Trinajstić information content (AvgIpc) is 3.22. The molecular weight excluding hydrogens is 445 g/mol. The number of carbonyl (C=O) groups is 1. The molecule has 10 nitrogen and oxygen atoms in total. The summed E-state index contributed by atoms with van der Waals surface area (Å²) in [7, 11) is 1.62. The van der Waals surface area contributed by atoms with Crippen LogP contribution in [0.5, 0.6) is 11.5 Å². The summed E-state index contributed by atoms with van der Waals surface area (Å²) in [5.41, 5.74) is 0.0645. The van der Waals surface area contributed by atoms with Gasteiger partial charge in [-0.05, 0) is 29.8 Å². The molecule has 0 atom stereocenters. The fraction of sp³-hybridized carbons (Fsp3) is 0.217. The first kappa shape index (κ1) is 21.4. The number of benzene rings is 2. The molecule has 2 aromatic carbocycles. The topological polar surface area (TPSA) is 109 Å². The maximum atomic E-state index is 13.3. The van der Waals surface area contributed by atoms with E-state index in [0.717, 1.165) is 4.57 Å². The summed E-state index contributed by atoms with van der Waals surface area (Å²) in [5, 5.41) is 6.91. The Bertz CT molecular complexity index is 1520. The predicted molar refractivity (Wildman–Crippen MR) is 121 cm³/mol. The minimum absolute atomic E-state index is 0.0522. The number of halogens is 1. The van der Waals surface area contributed by atoms with Crippen LogP contribution in [-0.2, 0) is 24.9 Å². The molecule has 0 unspecified atom stereocenters. The third-order valence-electron chi connectivity index (χ3n) is 5.39. The summed E-state index contributed by atoms with van der Waals surface area (Å²) in [6, 6.07) is 10.5. The number of nitrogens with one attached hydrogen (secondary N) is 1. The van der Waals surface area contributed by atoms with E-state index in [-0.39, 0.29) is 24.1 Å². The lowest BCUT2D eigenvalue weighted by atomic mass is 10.2. The van der Waals surface area contributed by atoms with Crippen LogP contribution in [0.4, 0.5) is 10.1 Å². The molecule has 174 valence electrons. The van der Waals surface area contributed by atoms with Crippen molar-refractivity contribution in [1.29, 1.82) is 0 Å². The van der Waals surface area contributed by atoms with Gasteiger partial charge in [0.15, 0.2) is 17.0 Å². The second-order valence-corrected chi connectivity index (χ2v) is 7.83. The summed E-state index contributed by atoms with van der Waals surface area (Å²) in [6.07, 6.45) is 1.51. The molecule has 1 amide bonds. The first-order valence-corrected chi connectivity index (χ1v) is 10.5. The zero-order chi connectivity index (χ0) is 23.8. The molecule has 0 spiro atoms. The minimum Gasteiger partial charge on any atom is -0.486 e. The van der Waals surface area contributed by atoms with Gasteiger partial charge in [-0.2, -0.15) is 5.10 Å². The molecule has 3 heterocycles. The summed E-state index contributed by atoms with van der Waals surface area (Å²) in [5.74, 6) is 0.203. The lowest BCUT2D eigenvalue weighted by Crippen LogP contribution is -2.41. The van der Waals surface area contributed by atoms with Crippen LogP contribution in [0.1, 0.15) is 5.56 Å². The molecule has 0 aliphatic carbocycles. The van der Waals surface area contributed by atoms with Crippen molar-refractivity contribution in [2.75, 3.05) is 18.5 Å². The largest absolute Gasteiger partial charge is 0.486 e. The second kappa shape index (κ2) is 8.50. The monoisotopic (exact) mass is 465 g/mol. The number of aryl methyl sites for hydroxylation is 1. The number of nitrogens with zero attached hydrogens (tertiary/aromatic N) is 4. The third-order valence-corrected chi connectivity index (χ3v) is 5.39. The van der Waals surface area contributed by atoms with Gasteiger partial charge in [0, 0.05) is 25.0 Å². The molecule has 34 heavy (non-hydrogen) atoms. The van der Waals surface area contributed by atoms with Crippen molar-refractivity contribution in [3.05, 3.63) is 80.9 Å². The van der Waals surface area contributed by atoms with Crippen molar-refractivity contribution >= 4 is 22.6 Å². The lowest BCUT2D eigenvalue weighted by Gasteiger charge is -2.19. The Hall–Kier alpha value is -4.41. The highest BCUT2D eigenvalue weighted by Crippen LogP contribution is 2.32. The fourth-order valence-electron chi connectivity index (χ4n) is 3.82. The van der Waals surface area contributed by atoms with Crippen LogP contribution in [0.2, 0.25) is 0 Å². The van der Waals surface area contributed by atoms with Crippen LogP contribution in [0.3, 0.4) is 0 Å². The highest BCUT2D eigenvalue weighted by Gasteiger charge is 2.19. The molecule has 0 bridgehead atoms. The third kappa shape index (κ3) is 4.03. The lowest BCUT2D eigenvalue weighted by molar-refractivity contribution is -0.116. The zero-order valence-corrected chi connectivity index (χ0v) is 18.2. The van der Waals surface area contributed by atoms with E-state index in [1.54, 1.807) is 25.2 Å². The Kier molecular flexibility index (Phi) is 5.36. The number of hydrogen-bond donors (Lipinski definition) is 1. The van der Waals surface area contributed by atoms with Gasteiger partial charge in [-0.3, -0.25) is 23.4 Å². The summed E-state index contributed by atoms with van der Waals surface area (Å²) in [6.45, 7) is 0.429. The quantitative estimate of drug-likeness (QED) is 0.478. The van der Waals surface area contributed by atoms with E-state index in [2.05, 4.69) is 10.4 Å². The van der Waals surface area contributed by atoms with Gasteiger partial charge < -0.3 is 14.8 Å². The van der Waals surface area contributed by atoms with Gasteiger partial charge >= 0.3 is 5.69 Å². The van der Waals surface area contributed by atoms with E-state index in [4.69, 9.17) is 9.47 Å². The Morgan fingerprint density at radius 2 is 1.79 bits per heavy atom. The van der Waals surface area contributed by atoms with Crippen LogP contribution in [0, 0.1) is 5.82 Å². The van der Waals surface area contributed by atoms with Crippen molar-refractivity contribution < 1.29 is 18.7 Å². The van der Waals surface area contributed by atoms with Gasteiger partial charge in [0.2, 0.25) is 5.91 Å². The van der Waals surface area contributed by atoms with Gasteiger partial charge in [0.1, 0.15) is 25.6 Å². The summed E-state index contributed by atoms with van der Waals surface area (Å²) >= 11 is 0. The summed E-state index contributed by atoms with van der Waals surface area (Å²) < 4.78 is 27.9. The van der Waals surface area contributed by atoms with E-state index >= 15 is 0 Å². The smallest absolute Gasteiger partial charge is 0.332 e. The molecule has 0 radical (unpaired) electrons. The average molecular weight is 465 g/mol. The SMILES string of the molecule is Cn1cc2c(n1)c(=O)n(Cc1ccc(F)cc1)c(=O)n2CC(=O)Nc1ccc2c(c1)OCCO2. The van der Waals surface area contributed by atoms with Crippen molar-refractivity contribution in [3.63, 3.8) is 0 Å². The number of hydrogen-bond acceptors (Lipinski definition) is 6. The normalized spacial score (nSPS) is 12.6. The van der Waals surface area contributed by atoms with Gasteiger partial charge in [-0.1, -0.05) is 12.1 Å². The minimum atomic E-state index is -0.674. The van der Waals surface area contributed by atoms with E-state index in [1.165, 1.54) is 39.7 Å². The van der Waals surface area contributed by atoms with E-state index in [0.29, 0.717) is 36.0 Å². The predicted octanol–water partition coefficient (Wildman–Crippen LogP) is 1.49. The fourth-order valence-corrected chi connectivity index (χ4v) is 3.82. The van der Waals surface area contributed by atoms with Crippen molar-refractivity contribution in [1.82, 2.24) is 18.9 Å². The maximum Gasteiger partial charge on any atom is 0.332 e. The van der Waals surface area contributed by atoms with Crippen molar-refractivity contribution in [2.45, 2.75) is 13.1 Å². The highest BCUT2D eigenvalue weighted by atomic mass is 19.1. The number of aromatic nitrogens is 4. The molecular formula is C23H20FN5O5. The number of ether oxygens (including phenoxy) is 2. The van der Waals surface area contributed by atoms with Gasteiger partial charge in [0.05, 0.1) is 12.1 Å². The van der Waals surface area contributed by atoms with Crippen LogP contribution in [-0.4, -0.2) is 38.0 Å². The molecule has 5 rings (SSSR count). The van der Waals surface area contributed by atoms with Crippen LogP contribution in [0.15, 0.2) is 58.3 Å². The molecule has 0 fully saturated rings. The Morgan fingerprint density at radius 3 is 2.56 bits per heavy atom. The second-order valence-electron chi connectivity index (χ2n) is 7.83. The molecule has 11 heteroatoms. The van der Waals surface area contributed by atoms with Crippen LogP contribution in [0.25, 0.3) is 11.0 Å². The molecule has 1 aliphatic heterocycles. The Balaban J connectivity index is 1.48. The molecule has 4 aromatic rings. The maximum absolute atomic E-state index is 13.3. The molecule has 1 aliphatic rings. The van der Waals surface area contributed by atoms with Gasteiger partial charge in [0.25, 0.3) is 5.56 Å². The Labute approximate surface area is 191 Å². The van der Waals surface area contributed by atoms with Crippen molar-refractivity contribution in [3.8, 4) is 11.5 Å². The van der Waals surface area contributed by atoms with E-state index in [9.17, 15) is 18.8 Å². The molecule has 1 N–H and O–H groups in total. The zero-order valence-electron chi connectivity index (χ0n) is 18.2. The standard InChI is InChI=1S/C23H20FN5O5/c1-27-12-17-21(26-27)22(31)29(11-14-2-4-15(24)5-3-14)23(32)28(17)13-20(30)25-16-6-7-18-19(10-16)34-9-8-33-18/h2-7,10,12H,8-9,11,13H2,1H3,(H,25,30). The molecule has 0 saturated heterocycles. The van der Waals surface area contributed by atoms with Crippen LogP contribution < -0.4 is 26.0 Å². The number of anilines is 1. The van der Waals surface area contributed by atoms with E-state index in [1.807, 2.05) is 0 Å². The number of amides is 1. The van der Waals surface area contributed by atoms with Gasteiger partial charge in [-0.15, -0.1) is 0 Å². The molecule has 0 saturated carbocycles. The number of fused-ring (bicyclic) bond motifs is 2.